The summed E-state index contributed by atoms with van der Waals surface area (Å²) in [5, 5.41) is 13.2. The number of fused-ring (bicyclic) bond motifs is 1. The van der Waals surface area contributed by atoms with Crippen molar-refractivity contribution in [3.05, 3.63) is 74.7 Å². The zero-order valence-electron chi connectivity index (χ0n) is 12.9. The molecule has 0 saturated heterocycles. The van der Waals surface area contributed by atoms with E-state index in [1.165, 1.54) is 13.2 Å². The summed E-state index contributed by atoms with van der Waals surface area (Å²) < 4.78 is 11.8. The van der Waals surface area contributed by atoms with Gasteiger partial charge in [-0.05, 0) is 46.7 Å². The highest BCUT2D eigenvalue weighted by molar-refractivity contribution is 9.10. The van der Waals surface area contributed by atoms with Crippen LogP contribution in [0.1, 0.15) is 5.56 Å². The number of halogens is 1. The molecule has 24 heavy (non-hydrogen) atoms. The van der Waals surface area contributed by atoms with Gasteiger partial charge < -0.3 is 9.47 Å². The Morgan fingerprint density at radius 3 is 2.54 bits per heavy atom. The normalized spacial score (nSPS) is 10.6. The third kappa shape index (κ3) is 3.49. The molecule has 0 amide bonds. The molecule has 0 aliphatic carbocycles. The molecule has 0 heterocycles. The SMILES string of the molecule is COc1ccc(COc2ccc3cc(Br)ccc3c2)cc1[N+](=O)[O-]. The van der Waals surface area contributed by atoms with Crippen LogP contribution in [0.15, 0.2) is 59.1 Å². The van der Waals surface area contributed by atoms with E-state index in [4.69, 9.17) is 9.47 Å². The molecular weight excluding hydrogens is 374 g/mol. The van der Waals surface area contributed by atoms with E-state index in [1.54, 1.807) is 12.1 Å². The fraction of sp³-hybridized carbons (Fsp3) is 0.111. The predicted molar refractivity (Wildman–Crippen MR) is 95.6 cm³/mol. The van der Waals surface area contributed by atoms with Crippen LogP contribution in [-0.2, 0) is 6.61 Å². The van der Waals surface area contributed by atoms with Gasteiger partial charge in [0.25, 0.3) is 0 Å². The van der Waals surface area contributed by atoms with E-state index < -0.39 is 4.92 Å². The van der Waals surface area contributed by atoms with E-state index in [0.29, 0.717) is 11.3 Å². The lowest BCUT2D eigenvalue weighted by atomic mass is 10.1. The molecule has 6 heteroatoms. The zero-order valence-corrected chi connectivity index (χ0v) is 14.4. The lowest BCUT2D eigenvalue weighted by Crippen LogP contribution is -1.99. The summed E-state index contributed by atoms with van der Waals surface area (Å²) in [5.41, 5.74) is 0.639. The van der Waals surface area contributed by atoms with Gasteiger partial charge >= 0.3 is 5.69 Å². The van der Waals surface area contributed by atoms with Crippen molar-refractivity contribution in [1.29, 1.82) is 0 Å². The number of benzene rings is 3. The summed E-state index contributed by atoms with van der Waals surface area (Å²) >= 11 is 3.45. The summed E-state index contributed by atoms with van der Waals surface area (Å²) in [7, 11) is 1.41. The summed E-state index contributed by atoms with van der Waals surface area (Å²) in [5.74, 6) is 0.948. The maximum absolute atomic E-state index is 11.1. The molecule has 5 nitrogen and oxygen atoms in total. The van der Waals surface area contributed by atoms with Crippen molar-refractivity contribution in [1.82, 2.24) is 0 Å². The van der Waals surface area contributed by atoms with Gasteiger partial charge in [-0.15, -0.1) is 0 Å². The Hall–Kier alpha value is -2.60. The molecular formula is C18H14BrNO4. The van der Waals surface area contributed by atoms with Gasteiger partial charge in [-0.25, -0.2) is 0 Å². The second-order valence-corrected chi connectivity index (χ2v) is 6.12. The Morgan fingerprint density at radius 1 is 1.04 bits per heavy atom. The van der Waals surface area contributed by atoms with E-state index >= 15 is 0 Å². The minimum absolute atomic E-state index is 0.0676. The Labute approximate surface area is 147 Å². The zero-order chi connectivity index (χ0) is 17.1. The first-order chi connectivity index (χ1) is 11.6. The molecule has 0 N–H and O–H groups in total. The lowest BCUT2D eigenvalue weighted by molar-refractivity contribution is -0.385. The smallest absolute Gasteiger partial charge is 0.311 e. The number of hydrogen-bond acceptors (Lipinski definition) is 4. The summed E-state index contributed by atoms with van der Waals surface area (Å²) in [4.78, 5) is 10.6. The van der Waals surface area contributed by atoms with E-state index in [2.05, 4.69) is 15.9 Å². The third-order valence-corrected chi connectivity index (χ3v) is 4.11. The average Bonchev–Trinajstić information content (AvgIpc) is 2.59. The molecule has 0 atom stereocenters. The van der Waals surface area contributed by atoms with Crippen LogP contribution in [0.25, 0.3) is 10.8 Å². The van der Waals surface area contributed by atoms with Crippen molar-refractivity contribution >= 4 is 32.4 Å². The Kier molecular flexibility index (Phi) is 4.66. The van der Waals surface area contributed by atoms with E-state index in [1.807, 2.05) is 36.4 Å². The van der Waals surface area contributed by atoms with Gasteiger partial charge in [-0.2, -0.15) is 0 Å². The van der Waals surface area contributed by atoms with Crippen molar-refractivity contribution in [2.45, 2.75) is 6.61 Å². The Balaban J connectivity index is 1.79. The molecule has 0 aliphatic heterocycles. The molecule has 0 fully saturated rings. The van der Waals surface area contributed by atoms with Crippen LogP contribution in [0.5, 0.6) is 11.5 Å². The van der Waals surface area contributed by atoms with Crippen LogP contribution >= 0.6 is 15.9 Å². The van der Waals surface area contributed by atoms with Crippen LogP contribution in [0.4, 0.5) is 5.69 Å². The summed E-state index contributed by atoms with van der Waals surface area (Å²) in [6.07, 6.45) is 0. The second kappa shape index (κ2) is 6.88. The molecule has 0 radical (unpaired) electrons. The van der Waals surface area contributed by atoms with Crippen LogP contribution < -0.4 is 9.47 Å². The molecule has 3 aromatic carbocycles. The fourth-order valence-electron chi connectivity index (χ4n) is 2.42. The van der Waals surface area contributed by atoms with Gasteiger partial charge in [-0.3, -0.25) is 10.1 Å². The third-order valence-electron chi connectivity index (χ3n) is 3.62. The molecule has 0 unspecified atom stereocenters. The second-order valence-electron chi connectivity index (χ2n) is 5.21. The number of hydrogen-bond donors (Lipinski definition) is 0. The van der Waals surface area contributed by atoms with Gasteiger partial charge in [0.2, 0.25) is 0 Å². The Morgan fingerprint density at radius 2 is 1.79 bits per heavy atom. The molecule has 3 rings (SSSR count). The van der Waals surface area contributed by atoms with Crippen molar-refractivity contribution in [2.24, 2.45) is 0 Å². The quantitative estimate of drug-likeness (QED) is 0.451. The van der Waals surface area contributed by atoms with Gasteiger partial charge in [-0.1, -0.05) is 34.1 Å². The van der Waals surface area contributed by atoms with Crippen molar-refractivity contribution < 1.29 is 14.4 Å². The number of ether oxygens (including phenoxy) is 2. The minimum Gasteiger partial charge on any atom is -0.490 e. The topological polar surface area (TPSA) is 61.6 Å². The molecule has 0 aliphatic rings. The number of nitro benzene ring substituents is 1. The van der Waals surface area contributed by atoms with Gasteiger partial charge in [0, 0.05) is 10.5 Å². The summed E-state index contributed by atoms with van der Waals surface area (Å²) in [6, 6.07) is 16.6. The first-order valence-electron chi connectivity index (χ1n) is 7.20. The summed E-state index contributed by atoms with van der Waals surface area (Å²) in [6.45, 7) is 0.243. The number of nitro groups is 1. The first-order valence-corrected chi connectivity index (χ1v) is 7.99. The number of methoxy groups -OCH3 is 1. The van der Waals surface area contributed by atoms with Crippen LogP contribution in [-0.4, -0.2) is 12.0 Å². The molecule has 3 aromatic rings. The van der Waals surface area contributed by atoms with E-state index in [9.17, 15) is 10.1 Å². The van der Waals surface area contributed by atoms with Crippen molar-refractivity contribution in [3.8, 4) is 11.5 Å². The predicted octanol–water partition coefficient (Wildman–Crippen LogP) is 5.10. The molecule has 122 valence electrons. The molecule has 0 spiro atoms. The van der Waals surface area contributed by atoms with E-state index in [-0.39, 0.29) is 18.0 Å². The molecule has 0 aromatic heterocycles. The maximum Gasteiger partial charge on any atom is 0.311 e. The standard InChI is InChI=1S/C18H14BrNO4/c1-23-18-7-2-12(8-17(18)20(21)22)11-24-16-6-4-13-9-15(19)5-3-14(13)10-16/h2-10H,11H2,1H3. The average molecular weight is 388 g/mol. The number of nitrogens with zero attached hydrogens (tertiary/aromatic N) is 1. The van der Waals surface area contributed by atoms with E-state index in [0.717, 1.165) is 15.2 Å². The van der Waals surface area contributed by atoms with Crippen LogP contribution in [0.3, 0.4) is 0 Å². The van der Waals surface area contributed by atoms with Crippen LogP contribution in [0.2, 0.25) is 0 Å². The van der Waals surface area contributed by atoms with Gasteiger partial charge in [0.15, 0.2) is 5.75 Å². The molecule has 0 bridgehead atoms. The lowest BCUT2D eigenvalue weighted by Gasteiger charge is -2.09. The highest BCUT2D eigenvalue weighted by Crippen LogP contribution is 2.29. The molecule has 0 saturated carbocycles. The van der Waals surface area contributed by atoms with Gasteiger partial charge in [0.05, 0.1) is 12.0 Å². The first kappa shape index (κ1) is 16.3. The van der Waals surface area contributed by atoms with Crippen LogP contribution in [0, 0.1) is 10.1 Å². The highest BCUT2D eigenvalue weighted by Gasteiger charge is 2.15. The Bertz CT molecular complexity index is 911. The minimum atomic E-state index is -0.462. The van der Waals surface area contributed by atoms with Crippen molar-refractivity contribution in [3.63, 3.8) is 0 Å². The number of rotatable bonds is 5. The monoisotopic (exact) mass is 387 g/mol. The highest BCUT2D eigenvalue weighted by atomic mass is 79.9. The largest absolute Gasteiger partial charge is 0.490 e. The van der Waals surface area contributed by atoms with Gasteiger partial charge in [0.1, 0.15) is 12.4 Å². The van der Waals surface area contributed by atoms with Crippen molar-refractivity contribution in [2.75, 3.05) is 7.11 Å². The fourth-order valence-corrected chi connectivity index (χ4v) is 2.80. The maximum atomic E-state index is 11.1.